The molecule has 0 radical (unpaired) electrons. The maximum absolute atomic E-state index is 11.8. The first-order valence-electron chi connectivity index (χ1n) is 6.05. The van der Waals surface area contributed by atoms with E-state index in [0.29, 0.717) is 12.1 Å². The van der Waals surface area contributed by atoms with Crippen LogP contribution in [0.4, 0.5) is 0 Å². The molecular formula is C15H16N2O. The molecule has 0 fully saturated rings. The van der Waals surface area contributed by atoms with Crippen molar-refractivity contribution in [1.82, 2.24) is 10.3 Å². The molecule has 1 N–H and O–H groups in total. The molecule has 1 amide bonds. The van der Waals surface area contributed by atoms with Crippen LogP contribution in [0.3, 0.4) is 0 Å². The Morgan fingerprint density at radius 3 is 2.78 bits per heavy atom. The fourth-order valence-electron chi connectivity index (χ4n) is 1.74. The van der Waals surface area contributed by atoms with Gasteiger partial charge in [0.1, 0.15) is 0 Å². The van der Waals surface area contributed by atoms with Crippen molar-refractivity contribution in [2.75, 3.05) is 0 Å². The van der Waals surface area contributed by atoms with E-state index in [9.17, 15) is 4.79 Å². The average Bonchev–Trinajstić information content (AvgIpc) is 2.46. The van der Waals surface area contributed by atoms with Crippen LogP contribution in [0, 0.1) is 0 Å². The van der Waals surface area contributed by atoms with Gasteiger partial charge in [-0.05, 0) is 29.7 Å². The quantitative estimate of drug-likeness (QED) is 0.892. The van der Waals surface area contributed by atoms with Crippen molar-refractivity contribution < 1.29 is 4.79 Å². The summed E-state index contributed by atoms with van der Waals surface area (Å²) in [5, 5.41) is 2.89. The zero-order valence-corrected chi connectivity index (χ0v) is 10.4. The van der Waals surface area contributed by atoms with Crippen molar-refractivity contribution in [2.45, 2.75) is 19.9 Å². The number of aromatic nitrogens is 1. The number of carbonyl (C=O) groups is 1. The Hall–Kier alpha value is -2.16. The molecule has 0 saturated carbocycles. The molecule has 0 aliphatic heterocycles. The molecule has 0 spiro atoms. The second-order valence-electron chi connectivity index (χ2n) is 4.10. The molecule has 2 rings (SSSR count). The monoisotopic (exact) mass is 240 g/mol. The molecule has 3 heteroatoms. The second-order valence-corrected chi connectivity index (χ2v) is 4.10. The SMILES string of the molecule is CCc1cccc(CNC(=O)c2cccnc2)c1. The highest BCUT2D eigenvalue weighted by Crippen LogP contribution is 2.06. The van der Waals surface area contributed by atoms with Crippen molar-refractivity contribution in [3.63, 3.8) is 0 Å². The number of pyridine rings is 1. The number of aryl methyl sites for hydroxylation is 1. The lowest BCUT2D eigenvalue weighted by Crippen LogP contribution is -2.22. The minimum Gasteiger partial charge on any atom is -0.348 e. The molecule has 1 aromatic heterocycles. The Kier molecular flexibility index (Phi) is 4.07. The number of amides is 1. The van der Waals surface area contributed by atoms with E-state index >= 15 is 0 Å². The maximum atomic E-state index is 11.8. The highest BCUT2D eigenvalue weighted by Gasteiger charge is 2.04. The molecule has 0 saturated heterocycles. The summed E-state index contributed by atoms with van der Waals surface area (Å²) in [6.07, 6.45) is 4.23. The van der Waals surface area contributed by atoms with Crippen LogP contribution in [0.2, 0.25) is 0 Å². The molecule has 0 aliphatic carbocycles. The number of rotatable bonds is 4. The van der Waals surface area contributed by atoms with Gasteiger partial charge in [0.25, 0.3) is 5.91 Å². The first-order valence-corrected chi connectivity index (χ1v) is 6.05. The number of hydrogen-bond acceptors (Lipinski definition) is 2. The molecular weight excluding hydrogens is 224 g/mol. The van der Waals surface area contributed by atoms with Gasteiger partial charge in [-0.1, -0.05) is 31.2 Å². The number of nitrogens with one attached hydrogen (secondary N) is 1. The molecule has 3 nitrogen and oxygen atoms in total. The average molecular weight is 240 g/mol. The van der Waals surface area contributed by atoms with Gasteiger partial charge in [-0.25, -0.2) is 0 Å². The van der Waals surface area contributed by atoms with E-state index in [1.165, 1.54) is 5.56 Å². The predicted octanol–water partition coefficient (Wildman–Crippen LogP) is 2.57. The minimum atomic E-state index is -0.0926. The lowest BCUT2D eigenvalue weighted by atomic mass is 10.1. The summed E-state index contributed by atoms with van der Waals surface area (Å²) in [6, 6.07) is 11.8. The van der Waals surface area contributed by atoms with Crippen molar-refractivity contribution in [3.8, 4) is 0 Å². The fraction of sp³-hybridized carbons (Fsp3) is 0.200. The summed E-state index contributed by atoms with van der Waals surface area (Å²) in [6.45, 7) is 2.66. The zero-order chi connectivity index (χ0) is 12.8. The van der Waals surface area contributed by atoms with Gasteiger partial charge in [-0.15, -0.1) is 0 Å². The molecule has 2 aromatic rings. The smallest absolute Gasteiger partial charge is 0.253 e. The predicted molar refractivity (Wildman–Crippen MR) is 71.2 cm³/mol. The summed E-state index contributed by atoms with van der Waals surface area (Å²) < 4.78 is 0. The highest BCUT2D eigenvalue weighted by molar-refractivity contribution is 5.93. The third kappa shape index (κ3) is 3.17. The topological polar surface area (TPSA) is 42.0 Å². The summed E-state index contributed by atoms with van der Waals surface area (Å²) in [5.41, 5.74) is 2.99. The van der Waals surface area contributed by atoms with Crippen molar-refractivity contribution in [3.05, 3.63) is 65.5 Å². The van der Waals surface area contributed by atoms with Crippen LogP contribution in [0.5, 0.6) is 0 Å². The van der Waals surface area contributed by atoms with Gasteiger partial charge in [-0.3, -0.25) is 9.78 Å². The van der Waals surface area contributed by atoms with E-state index in [2.05, 4.69) is 29.4 Å². The zero-order valence-electron chi connectivity index (χ0n) is 10.4. The Morgan fingerprint density at radius 1 is 1.22 bits per heavy atom. The third-order valence-electron chi connectivity index (χ3n) is 2.78. The van der Waals surface area contributed by atoms with Gasteiger partial charge in [0.15, 0.2) is 0 Å². The van der Waals surface area contributed by atoms with E-state index in [-0.39, 0.29) is 5.91 Å². The summed E-state index contributed by atoms with van der Waals surface area (Å²) in [7, 11) is 0. The maximum Gasteiger partial charge on any atom is 0.253 e. The number of carbonyl (C=O) groups excluding carboxylic acids is 1. The first kappa shape index (κ1) is 12.3. The molecule has 1 aromatic carbocycles. The Morgan fingerprint density at radius 2 is 2.06 bits per heavy atom. The summed E-state index contributed by atoms with van der Waals surface area (Å²) in [5.74, 6) is -0.0926. The minimum absolute atomic E-state index is 0.0926. The van der Waals surface area contributed by atoms with Gasteiger partial charge in [0, 0.05) is 18.9 Å². The molecule has 0 atom stereocenters. The van der Waals surface area contributed by atoms with Crippen LogP contribution in [-0.2, 0) is 13.0 Å². The Bertz CT molecular complexity index is 523. The van der Waals surface area contributed by atoms with Crippen LogP contribution in [-0.4, -0.2) is 10.9 Å². The highest BCUT2D eigenvalue weighted by atomic mass is 16.1. The lowest BCUT2D eigenvalue weighted by molar-refractivity contribution is 0.0950. The van der Waals surface area contributed by atoms with Gasteiger partial charge in [-0.2, -0.15) is 0 Å². The standard InChI is InChI=1S/C15H16N2O/c1-2-12-5-3-6-13(9-12)10-17-15(18)14-7-4-8-16-11-14/h3-9,11H,2,10H2,1H3,(H,17,18). The van der Waals surface area contributed by atoms with Crippen LogP contribution >= 0.6 is 0 Å². The first-order chi connectivity index (χ1) is 8.79. The number of benzene rings is 1. The molecule has 1 heterocycles. The van der Waals surface area contributed by atoms with E-state index in [1.54, 1.807) is 24.5 Å². The van der Waals surface area contributed by atoms with Crippen LogP contribution < -0.4 is 5.32 Å². The summed E-state index contributed by atoms with van der Waals surface area (Å²) in [4.78, 5) is 15.7. The van der Waals surface area contributed by atoms with Crippen molar-refractivity contribution in [2.24, 2.45) is 0 Å². The van der Waals surface area contributed by atoms with Crippen LogP contribution in [0.1, 0.15) is 28.4 Å². The Labute approximate surface area is 107 Å². The van der Waals surface area contributed by atoms with E-state index < -0.39 is 0 Å². The van der Waals surface area contributed by atoms with Gasteiger partial charge >= 0.3 is 0 Å². The normalized spacial score (nSPS) is 10.1. The number of hydrogen-bond donors (Lipinski definition) is 1. The van der Waals surface area contributed by atoms with E-state index in [4.69, 9.17) is 0 Å². The fourth-order valence-corrected chi connectivity index (χ4v) is 1.74. The van der Waals surface area contributed by atoms with E-state index in [1.807, 2.05) is 12.1 Å². The number of nitrogens with zero attached hydrogens (tertiary/aromatic N) is 1. The van der Waals surface area contributed by atoms with E-state index in [0.717, 1.165) is 12.0 Å². The molecule has 0 unspecified atom stereocenters. The summed E-state index contributed by atoms with van der Waals surface area (Å²) >= 11 is 0. The Balaban J connectivity index is 1.97. The van der Waals surface area contributed by atoms with Crippen LogP contribution in [0.25, 0.3) is 0 Å². The molecule has 92 valence electrons. The second kappa shape index (κ2) is 5.96. The van der Waals surface area contributed by atoms with Gasteiger partial charge < -0.3 is 5.32 Å². The molecule has 0 aliphatic rings. The van der Waals surface area contributed by atoms with Crippen molar-refractivity contribution in [1.29, 1.82) is 0 Å². The van der Waals surface area contributed by atoms with Crippen molar-refractivity contribution >= 4 is 5.91 Å². The van der Waals surface area contributed by atoms with Gasteiger partial charge in [0.05, 0.1) is 5.56 Å². The molecule has 0 bridgehead atoms. The molecule has 18 heavy (non-hydrogen) atoms. The largest absolute Gasteiger partial charge is 0.348 e. The van der Waals surface area contributed by atoms with Gasteiger partial charge in [0.2, 0.25) is 0 Å². The van der Waals surface area contributed by atoms with Crippen LogP contribution in [0.15, 0.2) is 48.8 Å². The third-order valence-corrected chi connectivity index (χ3v) is 2.78. The lowest BCUT2D eigenvalue weighted by Gasteiger charge is -2.06.